The van der Waals surface area contributed by atoms with Gasteiger partial charge in [0.15, 0.2) is 0 Å². The Kier molecular flexibility index (Phi) is 5.76. The Balaban J connectivity index is 1.68. The summed E-state index contributed by atoms with van der Waals surface area (Å²) in [4.78, 5) is 20.3. The third-order valence-electron chi connectivity index (χ3n) is 6.34. The van der Waals surface area contributed by atoms with E-state index >= 15 is 0 Å². The van der Waals surface area contributed by atoms with Gasteiger partial charge in [-0.1, -0.05) is 60.2 Å². The fraction of sp³-hybridized carbons (Fsp3) is 0.222. The van der Waals surface area contributed by atoms with Crippen molar-refractivity contribution >= 4 is 11.9 Å². The van der Waals surface area contributed by atoms with Crippen LogP contribution in [0.3, 0.4) is 0 Å². The maximum Gasteiger partial charge on any atom is 0.264 e. The second kappa shape index (κ2) is 9.02. The van der Waals surface area contributed by atoms with Gasteiger partial charge in [-0.05, 0) is 37.1 Å². The smallest absolute Gasteiger partial charge is 0.264 e. The first-order valence-corrected chi connectivity index (χ1v) is 11.2. The maximum absolute atomic E-state index is 14.0. The summed E-state index contributed by atoms with van der Waals surface area (Å²) < 4.78 is 13.0. The van der Waals surface area contributed by atoms with Crippen molar-refractivity contribution < 1.29 is 14.3 Å². The first kappa shape index (κ1) is 21.7. The fourth-order valence-electron chi connectivity index (χ4n) is 4.65. The number of carbonyl (C=O) groups excluding carboxylic acids is 1. The number of fused-ring (bicyclic) bond motifs is 1. The Labute approximate surface area is 198 Å². The third kappa shape index (κ3) is 3.69. The van der Waals surface area contributed by atoms with Gasteiger partial charge in [0.25, 0.3) is 5.91 Å². The van der Waals surface area contributed by atoms with Crippen molar-refractivity contribution in [1.29, 1.82) is 0 Å². The molecular weight excluding hydrogens is 428 g/mol. The molecule has 0 N–H and O–H groups in total. The molecule has 5 rings (SSSR count). The molecule has 172 valence electrons. The lowest BCUT2D eigenvalue weighted by atomic mass is 9.90. The zero-order valence-electron chi connectivity index (χ0n) is 19.4. The minimum absolute atomic E-state index is 0.151. The van der Waals surface area contributed by atoms with Gasteiger partial charge in [-0.3, -0.25) is 9.69 Å². The van der Waals surface area contributed by atoms with Crippen LogP contribution in [0.25, 0.3) is 0 Å². The lowest BCUT2D eigenvalue weighted by Crippen LogP contribution is -2.42. The summed E-state index contributed by atoms with van der Waals surface area (Å²) in [7, 11) is 3.23. The first-order chi connectivity index (χ1) is 16.6. The second-order valence-electron chi connectivity index (χ2n) is 8.30. The van der Waals surface area contributed by atoms with Gasteiger partial charge in [0, 0.05) is 5.56 Å². The minimum Gasteiger partial charge on any atom is -0.496 e. The molecule has 2 atom stereocenters. The second-order valence-corrected chi connectivity index (χ2v) is 8.30. The van der Waals surface area contributed by atoms with Crippen molar-refractivity contribution in [3.8, 4) is 11.5 Å². The largest absolute Gasteiger partial charge is 0.496 e. The van der Waals surface area contributed by atoms with E-state index in [1.807, 2.05) is 41.1 Å². The van der Waals surface area contributed by atoms with E-state index in [0.717, 1.165) is 22.4 Å². The van der Waals surface area contributed by atoms with Gasteiger partial charge < -0.3 is 9.47 Å². The number of para-hydroxylation sites is 2. The van der Waals surface area contributed by atoms with Crippen LogP contribution in [0.15, 0.2) is 79.1 Å². The number of nitrogens with zero attached hydrogens (tertiary/aromatic N) is 4. The number of amides is 1. The van der Waals surface area contributed by atoms with E-state index in [-0.39, 0.29) is 18.0 Å². The summed E-state index contributed by atoms with van der Waals surface area (Å²) in [5.41, 5.74) is 3.67. The summed E-state index contributed by atoms with van der Waals surface area (Å²) in [5.74, 6) is 1.61. The van der Waals surface area contributed by atoms with Gasteiger partial charge in [-0.15, -0.1) is 0 Å². The quantitative estimate of drug-likeness (QED) is 0.425. The number of aryl methyl sites for hydroxylation is 1. The van der Waals surface area contributed by atoms with E-state index in [1.165, 1.54) is 6.33 Å². The van der Waals surface area contributed by atoms with Crippen LogP contribution in [0.1, 0.15) is 45.6 Å². The number of carbonyl (C=O) groups is 1. The highest BCUT2D eigenvalue weighted by atomic mass is 16.5. The molecule has 0 spiro atoms. The topological polar surface area (TPSA) is 69.5 Å². The lowest BCUT2D eigenvalue weighted by molar-refractivity contribution is 0.0960. The molecule has 0 saturated carbocycles. The molecule has 4 aromatic rings. The summed E-state index contributed by atoms with van der Waals surface area (Å²) in [6, 6.07) is 23.1. The van der Waals surface area contributed by atoms with Crippen molar-refractivity contribution in [1.82, 2.24) is 14.8 Å². The highest BCUT2D eigenvalue weighted by Gasteiger charge is 2.41. The molecule has 7 heteroatoms. The standard InChI is InChI=1S/C27H26N4O3/c1-18-12-14-19(15-13-18)22-16-23(20-8-4-6-10-24(20)33-2)31-27(28-17-29-31)30(22)26(32)21-9-5-7-11-25(21)34-3/h4-15,17,22-23H,16H2,1-3H3/t22-,23-/m0/s1. The molecule has 0 bridgehead atoms. The van der Waals surface area contributed by atoms with E-state index in [2.05, 4.69) is 41.3 Å². The molecule has 1 aliphatic heterocycles. The molecule has 1 aromatic heterocycles. The number of methoxy groups -OCH3 is 2. The van der Waals surface area contributed by atoms with Crippen LogP contribution in [-0.4, -0.2) is 34.9 Å². The van der Waals surface area contributed by atoms with Crippen molar-refractivity contribution in [2.75, 3.05) is 19.1 Å². The van der Waals surface area contributed by atoms with E-state index in [0.29, 0.717) is 23.7 Å². The Morgan fingerprint density at radius 1 is 0.882 bits per heavy atom. The SMILES string of the molecule is COc1ccccc1C(=O)N1c2ncnn2[C@H](c2ccccc2OC)C[C@H]1c1ccc(C)cc1. The molecule has 3 aromatic carbocycles. The molecule has 0 radical (unpaired) electrons. The highest BCUT2D eigenvalue weighted by Crippen LogP contribution is 2.44. The number of rotatable bonds is 5. The maximum atomic E-state index is 14.0. The average molecular weight is 455 g/mol. The Morgan fingerprint density at radius 3 is 2.29 bits per heavy atom. The van der Waals surface area contributed by atoms with Crippen LogP contribution in [0.4, 0.5) is 5.95 Å². The number of anilines is 1. The van der Waals surface area contributed by atoms with Crippen LogP contribution in [0.5, 0.6) is 11.5 Å². The number of hydrogen-bond acceptors (Lipinski definition) is 5. The molecule has 1 aliphatic rings. The fourth-order valence-corrected chi connectivity index (χ4v) is 4.65. The Hall–Kier alpha value is -4.13. The predicted molar refractivity (Wildman–Crippen MR) is 129 cm³/mol. The Morgan fingerprint density at radius 2 is 1.56 bits per heavy atom. The minimum atomic E-state index is -0.260. The van der Waals surface area contributed by atoms with E-state index in [4.69, 9.17) is 9.47 Å². The van der Waals surface area contributed by atoms with Crippen LogP contribution < -0.4 is 14.4 Å². The summed E-state index contributed by atoms with van der Waals surface area (Å²) in [6.07, 6.45) is 2.11. The van der Waals surface area contributed by atoms with Crippen LogP contribution in [-0.2, 0) is 0 Å². The zero-order valence-corrected chi connectivity index (χ0v) is 19.4. The summed E-state index contributed by atoms with van der Waals surface area (Å²) in [5, 5.41) is 4.53. The normalized spacial score (nSPS) is 17.2. The van der Waals surface area contributed by atoms with E-state index < -0.39 is 0 Å². The van der Waals surface area contributed by atoms with Gasteiger partial charge in [-0.2, -0.15) is 10.1 Å². The Bertz CT molecular complexity index is 1320. The number of ether oxygens (including phenoxy) is 2. The molecule has 34 heavy (non-hydrogen) atoms. The van der Waals surface area contributed by atoms with Crippen molar-refractivity contribution in [3.05, 3.63) is 101 Å². The van der Waals surface area contributed by atoms with E-state index in [1.54, 1.807) is 31.3 Å². The third-order valence-corrected chi connectivity index (χ3v) is 6.34. The molecular formula is C27H26N4O3. The molecule has 0 unspecified atom stereocenters. The van der Waals surface area contributed by atoms with Crippen molar-refractivity contribution in [2.24, 2.45) is 0 Å². The van der Waals surface area contributed by atoms with Crippen LogP contribution >= 0.6 is 0 Å². The van der Waals surface area contributed by atoms with Crippen molar-refractivity contribution in [3.63, 3.8) is 0 Å². The van der Waals surface area contributed by atoms with Gasteiger partial charge in [0.2, 0.25) is 5.95 Å². The molecule has 1 amide bonds. The monoisotopic (exact) mass is 454 g/mol. The number of hydrogen-bond donors (Lipinski definition) is 0. The predicted octanol–water partition coefficient (Wildman–Crippen LogP) is 4.98. The van der Waals surface area contributed by atoms with Crippen LogP contribution in [0.2, 0.25) is 0 Å². The summed E-state index contributed by atoms with van der Waals surface area (Å²) in [6.45, 7) is 2.05. The molecule has 7 nitrogen and oxygen atoms in total. The van der Waals surface area contributed by atoms with Gasteiger partial charge in [0.05, 0.1) is 31.9 Å². The van der Waals surface area contributed by atoms with Gasteiger partial charge in [0.1, 0.15) is 17.8 Å². The molecule has 0 saturated heterocycles. The zero-order chi connectivity index (χ0) is 23.7. The average Bonchev–Trinajstić information content (AvgIpc) is 3.37. The molecule has 0 aliphatic carbocycles. The summed E-state index contributed by atoms with van der Waals surface area (Å²) >= 11 is 0. The van der Waals surface area contributed by atoms with Gasteiger partial charge >= 0.3 is 0 Å². The van der Waals surface area contributed by atoms with Gasteiger partial charge in [-0.25, -0.2) is 4.68 Å². The van der Waals surface area contributed by atoms with Crippen molar-refractivity contribution in [2.45, 2.75) is 25.4 Å². The first-order valence-electron chi connectivity index (χ1n) is 11.2. The number of benzene rings is 3. The molecule has 0 fully saturated rings. The highest BCUT2D eigenvalue weighted by molar-refractivity contribution is 6.07. The van der Waals surface area contributed by atoms with Crippen LogP contribution in [0, 0.1) is 6.92 Å². The lowest BCUT2D eigenvalue weighted by Gasteiger charge is -2.39. The number of aromatic nitrogens is 3. The van der Waals surface area contributed by atoms with E-state index in [9.17, 15) is 4.79 Å². The molecule has 2 heterocycles.